The number of methoxy groups -OCH3 is 2. The first-order valence-electron chi connectivity index (χ1n) is 6.52. The van der Waals surface area contributed by atoms with E-state index in [0.29, 0.717) is 17.2 Å². The Morgan fingerprint density at radius 3 is 1.79 bits per heavy atom. The Hall–Kier alpha value is -2.49. The van der Waals surface area contributed by atoms with Crippen molar-refractivity contribution in [2.75, 3.05) is 20.0 Å². The van der Waals surface area contributed by atoms with Crippen LogP contribution >= 0.6 is 22.6 Å². The van der Waals surface area contributed by atoms with Crippen molar-refractivity contribution in [3.8, 4) is 11.5 Å². The number of carbonyl (C=O) groups is 2. The Bertz CT molecular complexity index is 684. The number of ether oxygens (including phenoxy) is 2. The lowest BCUT2D eigenvalue weighted by atomic mass is 10.2. The highest BCUT2D eigenvalue weighted by Crippen LogP contribution is 2.19. The van der Waals surface area contributed by atoms with Gasteiger partial charge in [0, 0.05) is 15.3 Å². The van der Waals surface area contributed by atoms with Crippen LogP contribution in [0.2, 0.25) is 0 Å². The summed E-state index contributed by atoms with van der Waals surface area (Å²) in [5.74, 6) is -0.931. The Kier molecular flexibility index (Phi) is 7.31. The molecule has 0 aliphatic heterocycles. The van der Waals surface area contributed by atoms with Gasteiger partial charge in [-0.1, -0.05) is 0 Å². The van der Waals surface area contributed by atoms with Crippen molar-refractivity contribution in [3.63, 3.8) is 0 Å². The van der Waals surface area contributed by atoms with Gasteiger partial charge in [-0.15, -0.1) is 0 Å². The Balaban J connectivity index is 0.000000240. The highest BCUT2D eigenvalue weighted by Gasteiger charge is 2.06. The number of aromatic carboxylic acids is 2. The minimum Gasteiger partial charge on any atom is -0.497 e. The minimum absolute atomic E-state index is 0.131. The molecule has 0 saturated heterocycles. The van der Waals surface area contributed by atoms with Crippen LogP contribution in [0.25, 0.3) is 0 Å². The lowest BCUT2D eigenvalue weighted by Crippen LogP contribution is -1.98. The van der Waals surface area contributed by atoms with Crippen LogP contribution in [0.5, 0.6) is 11.5 Å². The second-order valence-corrected chi connectivity index (χ2v) is 5.73. The first kappa shape index (κ1) is 19.6. The maximum atomic E-state index is 10.6. The van der Waals surface area contributed by atoms with Gasteiger partial charge in [-0.25, -0.2) is 9.59 Å². The van der Waals surface area contributed by atoms with Crippen LogP contribution in [0.4, 0.5) is 5.69 Å². The summed E-state index contributed by atoms with van der Waals surface area (Å²) in [6, 6.07) is 9.21. The van der Waals surface area contributed by atoms with Crippen LogP contribution in [0.15, 0.2) is 36.4 Å². The molecule has 0 radical (unpaired) electrons. The van der Waals surface area contributed by atoms with Crippen LogP contribution in [0.3, 0.4) is 0 Å². The average Bonchev–Trinajstić information content (AvgIpc) is 2.54. The summed E-state index contributed by atoms with van der Waals surface area (Å²) >= 11 is 2.04. The summed E-state index contributed by atoms with van der Waals surface area (Å²) in [6.07, 6.45) is 0. The third kappa shape index (κ3) is 5.95. The van der Waals surface area contributed by atoms with E-state index in [0.717, 1.165) is 3.57 Å². The van der Waals surface area contributed by atoms with E-state index in [1.807, 2.05) is 22.6 Å². The smallest absolute Gasteiger partial charge is 0.335 e. The van der Waals surface area contributed by atoms with Crippen LogP contribution in [-0.2, 0) is 0 Å². The SMILES string of the molecule is COc1cc(I)cc(C(=O)O)c1.COc1cc(N)cc(C(=O)O)c1. The van der Waals surface area contributed by atoms with Crippen LogP contribution < -0.4 is 15.2 Å². The molecule has 0 saturated carbocycles. The molecule has 0 bridgehead atoms. The molecular weight excluding hydrogens is 429 g/mol. The lowest BCUT2D eigenvalue weighted by molar-refractivity contribution is 0.0685. The van der Waals surface area contributed by atoms with Gasteiger partial charge in [0.1, 0.15) is 11.5 Å². The molecule has 8 heteroatoms. The van der Waals surface area contributed by atoms with E-state index in [-0.39, 0.29) is 11.1 Å². The molecule has 2 aromatic rings. The van der Waals surface area contributed by atoms with Crippen molar-refractivity contribution < 1.29 is 29.3 Å². The molecule has 7 nitrogen and oxygen atoms in total. The highest BCUT2D eigenvalue weighted by atomic mass is 127. The summed E-state index contributed by atoms with van der Waals surface area (Å²) in [6.45, 7) is 0. The molecule has 24 heavy (non-hydrogen) atoms. The number of anilines is 1. The predicted molar refractivity (Wildman–Crippen MR) is 97.0 cm³/mol. The van der Waals surface area contributed by atoms with Crippen LogP contribution in [0, 0.1) is 3.57 Å². The monoisotopic (exact) mass is 445 g/mol. The number of nitrogens with two attached hydrogens (primary N) is 1. The van der Waals surface area contributed by atoms with E-state index < -0.39 is 11.9 Å². The quantitative estimate of drug-likeness (QED) is 0.489. The molecule has 128 valence electrons. The summed E-state index contributed by atoms with van der Waals surface area (Å²) < 4.78 is 10.6. The molecule has 0 atom stereocenters. The van der Waals surface area contributed by atoms with Gasteiger partial charge in [0.25, 0.3) is 0 Å². The highest BCUT2D eigenvalue weighted by molar-refractivity contribution is 14.1. The Morgan fingerprint density at radius 1 is 0.875 bits per heavy atom. The van der Waals surface area contributed by atoms with E-state index in [9.17, 15) is 9.59 Å². The van der Waals surface area contributed by atoms with Crippen molar-refractivity contribution in [1.29, 1.82) is 0 Å². The number of nitrogen functional groups attached to an aromatic ring is 1. The minimum atomic E-state index is -1.01. The van der Waals surface area contributed by atoms with Crippen molar-refractivity contribution in [2.24, 2.45) is 0 Å². The first-order valence-corrected chi connectivity index (χ1v) is 7.60. The number of hydrogen-bond donors (Lipinski definition) is 3. The second-order valence-electron chi connectivity index (χ2n) is 4.48. The van der Waals surface area contributed by atoms with Gasteiger partial charge in [-0.05, 0) is 52.9 Å². The average molecular weight is 445 g/mol. The molecule has 2 rings (SSSR count). The zero-order chi connectivity index (χ0) is 18.3. The van der Waals surface area contributed by atoms with Gasteiger partial charge in [0.2, 0.25) is 0 Å². The Morgan fingerprint density at radius 2 is 1.33 bits per heavy atom. The van der Waals surface area contributed by atoms with Crippen LogP contribution in [0.1, 0.15) is 20.7 Å². The molecule has 0 unspecified atom stereocenters. The molecule has 2 aromatic carbocycles. The van der Waals surface area contributed by atoms with Crippen molar-refractivity contribution in [2.45, 2.75) is 0 Å². The second kappa shape index (κ2) is 8.96. The summed E-state index contributed by atoms with van der Waals surface area (Å²) in [5.41, 5.74) is 6.19. The maximum absolute atomic E-state index is 10.6. The van der Waals surface area contributed by atoms with E-state index >= 15 is 0 Å². The number of benzene rings is 2. The van der Waals surface area contributed by atoms with Crippen LogP contribution in [-0.4, -0.2) is 36.4 Å². The summed E-state index contributed by atoms with van der Waals surface area (Å²) in [4.78, 5) is 21.1. The van der Waals surface area contributed by atoms with Gasteiger partial charge in [0.05, 0.1) is 25.3 Å². The molecule has 0 aliphatic rings. The van der Waals surface area contributed by atoms with E-state index in [1.165, 1.54) is 32.4 Å². The summed E-state index contributed by atoms with van der Waals surface area (Å²) in [5, 5.41) is 17.3. The van der Waals surface area contributed by atoms with Gasteiger partial charge >= 0.3 is 11.9 Å². The molecule has 0 amide bonds. The predicted octanol–water partition coefficient (Wildman–Crippen LogP) is 2.97. The molecule has 0 heterocycles. The van der Waals surface area contributed by atoms with E-state index in [1.54, 1.807) is 18.2 Å². The molecule has 0 fully saturated rings. The van der Waals surface area contributed by atoms with Crippen molar-refractivity contribution in [3.05, 3.63) is 51.1 Å². The zero-order valence-corrected chi connectivity index (χ0v) is 15.1. The fourth-order valence-corrected chi connectivity index (χ4v) is 2.31. The van der Waals surface area contributed by atoms with Gasteiger partial charge in [-0.3, -0.25) is 0 Å². The van der Waals surface area contributed by atoms with Gasteiger partial charge in [-0.2, -0.15) is 0 Å². The number of rotatable bonds is 4. The first-order chi connectivity index (χ1) is 11.3. The fraction of sp³-hybridized carbons (Fsp3) is 0.125. The molecule has 0 aromatic heterocycles. The molecule has 0 aliphatic carbocycles. The molecular formula is C16H16INO6. The largest absolute Gasteiger partial charge is 0.497 e. The van der Waals surface area contributed by atoms with Gasteiger partial charge < -0.3 is 25.4 Å². The third-order valence-electron chi connectivity index (χ3n) is 2.77. The Labute approximate surface area is 152 Å². The van der Waals surface area contributed by atoms with E-state index in [4.69, 9.17) is 25.4 Å². The standard InChI is InChI=1S/C8H7IO3.C8H9NO3/c2*1-12-7-3-5(8(10)11)2-6(9)4-7/h2-4H,1H3,(H,10,11);2-4H,9H2,1H3,(H,10,11). The number of carboxylic acid groups (broad SMARTS) is 2. The van der Waals surface area contributed by atoms with Crippen molar-refractivity contribution >= 4 is 40.2 Å². The summed E-state index contributed by atoms with van der Waals surface area (Å²) in [7, 11) is 2.97. The number of halogens is 1. The number of carboxylic acids is 2. The van der Waals surface area contributed by atoms with Gasteiger partial charge in [0.15, 0.2) is 0 Å². The topological polar surface area (TPSA) is 119 Å². The van der Waals surface area contributed by atoms with Crippen molar-refractivity contribution in [1.82, 2.24) is 0 Å². The van der Waals surface area contributed by atoms with E-state index in [2.05, 4.69) is 0 Å². The normalized spacial score (nSPS) is 9.46. The number of hydrogen-bond acceptors (Lipinski definition) is 5. The molecule has 0 spiro atoms. The maximum Gasteiger partial charge on any atom is 0.335 e. The third-order valence-corrected chi connectivity index (χ3v) is 3.39. The lowest BCUT2D eigenvalue weighted by Gasteiger charge is -2.02. The molecule has 4 N–H and O–H groups in total. The fourth-order valence-electron chi connectivity index (χ4n) is 1.67. The zero-order valence-electron chi connectivity index (χ0n) is 12.9.